The Labute approximate surface area is 82.6 Å². The number of pyridine rings is 1. The number of nitrogens with two attached hydrogens (primary N) is 1. The van der Waals surface area contributed by atoms with E-state index in [1.165, 1.54) is 18.4 Å². The molecule has 3 rings (SSSR count). The summed E-state index contributed by atoms with van der Waals surface area (Å²) in [4.78, 5) is 4.25. The smallest absolute Gasteiger partial charge is 0.136 e. The number of fused-ring (bicyclic) bond motifs is 1. The summed E-state index contributed by atoms with van der Waals surface area (Å²) >= 11 is 0. The number of rotatable bonds is 2. The van der Waals surface area contributed by atoms with E-state index in [1.54, 1.807) is 0 Å². The maximum Gasteiger partial charge on any atom is 0.136 e. The average molecular weight is 187 g/mol. The number of aromatic nitrogens is 2. The van der Waals surface area contributed by atoms with Crippen molar-refractivity contribution in [2.45, 2.75) is 18.9 Å². The zero-order valence-corrected chi connectivity index (χ0v) is 7.93. The molecule has 1 saturated carbocycles. The molecule has 2 heterocycles. The molecule has 1 atom stereocenters. The molecule has 0 spiro atoms. The Morgan fingerprint density at radius 3 is 3.07 bits per heavy atom. The van der Waals surface area contributed by atoms with Crippen molar-refractivity contribution < 1.29 is 0 Å². The van der Waals surface area contributed by atoms with Crippen LogP contribution < -0.4 is 5.73 Å². The van der Waals surface area contributed by atoms with Crippen LogP contribution >= 0.6 is 0 Å². The van der Waals surface area contributed by atoms with Crippen molar-refractivity contribution in [3.8, 4) is 0 Å². The first kappa shape index (κ1) is 8.00. The van der Waals surface area contributed by atoms with Gasteiger partial charge < -0.3 is 10.1 Å². The van der Waals surface area contributed by atoms with Crippen molar-refractivity contribution >= 4 is 5.65 Å². The van der Waals surface area contributed by atoms with Gasteiger partial charge in [-0.05, 0) is 36.5 Å². The van der Waals surface area contributed by atoms with Gasteiger partial charge in [0.1, 0.15) is 5.65 Å². The first-order valence-electron chi connectivity index (χ1n) is 5.03. The summed E-state index contributed by atoms with van der Waals surface area (Å²) in [7, 11) is 0. The van der Waals surface area contributed by atoms with E-state index < -0.39 is 0 Å². The summed E-state index contributed by atoms with van der Waals surface area (Å²) in [6.45, 7) is 0. The van der Waals surface area contributed by atoms with Crippen LogP contribution in [-0.2, 0) is 0 Å². The zero-order chi connectivity index (χ0) is 9.54. The van der Waals surface area contributed by atoms with Crippen LogP contribution in [0.2, 0.25) is 0 Å². The number of hydrogen-bond acceptors (Lipinski definition) is 2. The first-order chi connectivity index (χ1) is 6.84. The molecule has 0 bridgehead atoms. The quantitative estimate of drug-likeness (QED) is 0.778. The Hall–Kier alpha value is -1.35. The van der Waals surface area contributed by atoms with Crippen LogP contribution in [0.3, 0.4) is 0 Å². The molecular formula is C11H13N3. The minimum atomic E-state index is 0.205. The van der Waals surface area contributed by atoms with Gasteiger partial charge in [-0.1, -0.05) is 0 Å². The van der Waals surface area contributed by atoms with Crippen LogP contribution in [-0.4, -0.2) is 9.38 Å². The van der Waals surface area contributed by atoms with Crippen LogP contribution in [0.4, 0.5) is 0 Å². The summed E-state index contributed by atoms with van der Waals surface area (Å²) < 4.78 is 2.00. The van der Waals surface area contributed by atoms with Crippen molar-refractivity contribution in [1.29, 1.82) is 0 Å². The minimum absolute atomic E-state index is 0.205. The van der Waals surface area contributed by atoms with E-state index in [0.717, 1.165) is 5.65 Å². The van der Waals surface area contributed by atoms with Gasteiger partial charge in [-0.3, -0.25) is 0 Å². The molecule has 14 heavy (non-hydrogen) atoms. The molecule has 1 fully saturated rings. The molecule has 0 amide bonds. The largest absolute Gasteiger partial charge is 0.324 e. The van der Waals surface area contributed by atoms with E-state index in [4.69, 9.17) is 5.73 Å². The van der Waals surface area contributed by atoms with Crippen molar-refractivity contribution in [1.82, 2.24) is 9.38 Å². The van der Waals surface area contributed by atoms with Crippen molar-refractivity contribution in [2.24, 2.45) is 11.7 Å². The van der Waals surface area contributed by atoms with Crippen molar-refractivity contribution in [3.63, 3.8) is 0 Å². The standard InChI is InChI=1S/C11H13N3/c12-11(8-1-2-8)9-3-5-14-6-4-13-10(14)7-9/h3-8,11H,1-2,12H2/t11-/m0/s1. The van der Waals surface area contributed by atoms with Gasteiger partial charge in [0.25, 0.3) is 0 Å². The Kier molecular flexibility index (Phi) is 1.61. The number of hydrogen-bond donors (Lipinski definition) is 1. The highest BCUT2D eigenvalue weighted by molar-refractivity contribution is 5.42. The summed E-state index contributed by atoms with van der Waals surface area (Å²) in [5.74, 6) is 0.701. The van der Waals surface area contributed by atoms with Gasteiger partial charge in [0, 0.05) is 24.6 Å². The van der Waals surface area contributed by atoms with E-state index in [1.807, 2.05) is 23.0 Å². The summed E-state index contributed by atoms with van der Waals surface area (Å²) in [6.07, 6.45) is 8.34. The lowest BCUT2D eigenvalue weighted by Crippen LogP contribution is -2.12. The average Bonchev–Trinajstić information content (AvgIpc) is 2.95. The highest BCUT2D eigenvalue weighted by atomic mass is 15.0. The maximum absolute atomic E-state index is 6.12. The van der Waals surface area contributed by atoms with Crippen LogP contribution in [0.15, 0.2) is 30.7 Å². The van der Waals surface area contributed by atoms with Gasteiger partial charge in [0.2, 0.25) is 0 Å². The zero-order valence-electron chi connectivity index (χ0n) is 7.93. The monoisotopic (exact) mass is 187 g/mol. The molecule has 0 unspecified atom stereocenters. The molecule has 0 aliphatic heterocycles. The predicted octanol–water partition coefficient (Wildman–Crippen LogP) is 1.74. The number of nitrogens with zero attached hydrogens (tertiary/aromatic N) is 2. The molecule has 0 radical (unpaired) electrons. The predicted molar refractivity (Wildman–Crippen MR) is 54.8 cm³/mol. The molecule has 0 saturated heterocycles. The molecule has 72 valence electrons. The first-order valence-corrected chi connectivity index (χ1v) is 5.03. The Morgan fingerprint density at radius 1 is 1.43 bits per heavy atom. The van der Waals surface area contributed by atoms with Gasteiger partial charge in [-0.2, -0.15) is 0 Å². The van der Waals surface area contributed by atoms with Crippen LogP contribution in [0.5, 0.6) is 0 Å². The van der Waals surface area contributed by atoms with E-state index in [9.17, 15) is 0 Å². The van der Waals surface area contributed by atoms with E-state index in [2.05, 4.69) is 17.1 Å². The molecule has 2 aromatic heterocycles. The molecule has 2 N–H and O–H groups in total. The topological polar surface area (TPSA) is 43.3 Å². The van der Waals surface area contributed by atoms with Crippen LogP contribution in [0.25, 0.3) is 5.65 Å². The van der Waals surface area contributed by atoms with E-state index >= 15 is 0 Å². The highest BCUT2D eigenvalue weighted by Gasteiger charge is 2.29. The lowest BCUT2D eigenvalue weighted by Gasteiger charge is -2.10. The SMILES string of the molecule is N[C@H](c1ccn2ccnc2c1)C1CC1. The van der Waals surface area contributed by atoms with E-state index in [0.29, 0.717) is 5.92 Å². The van der Waals surface area contributed by atoms with Gasteiger partial charge in [-0.15, -0.1) is 0 Å². The number of imidazole rings is 1. The van der Waals surface area contributed by atoms with Crippen molar-refractivity contribution in [2.75, 3.05) is 0 Å². The fourth-order valence-electron chi connectivity index (χ4n) is 1.86. The normalized spacial score (nSPS) is 18.6. The van der Waals surface area contributed by atoms with Gasteiger partial charge in [0.05, 0.1) is 0 Å². The minimum Gasteiger partial charge on any atom is -0.324 e. The maximum atomic E-state index is 6.12. The second-order valence-electron chi connectivity index (χ2n) is 4.02. The second-order valence-corrected chi connectivity index (χ2v) is 4.02. The lowest BCUT2D eigenvalue weighted by molar-refractivity contribution is 0.633. The summed E-state index contributed by atoms with van der Waals surface area (Å²) in [5.41, 5.74) is 8.32. The lowest BCUT2D eigenvalue weighted by atomic mass is 10.1. The Morgan fingerprint density at radius 2 is 2.29 bits per heavy atom. The fourth-order valence-corrected chi connectivity index (χ4v) is 1.86. The molecular weight excluding hydrogens is 174 g/mol. The summed E-state index contributed by atoms with van der Waals surface area (Å²) in [5, 5.41) is 0. The third-order valence-electron chi connectivity index (χ3n) is 2.94. The van der Waals surface area contributed by atoms with Gasteiger partial charge in [0.15, 0.2) is 0 Å². The van der Waals surface area contributed by atoms with Gasteiger partial charge >= 0.3 is 0 Å². The fraction of sp³-hybridized carbons (Fsp3) is 0.364. The summed E-state index contributed by atoms with van der Waals surface area (Å²) in [6, 6.07) is 4.39. The molecule has 0 aromatic carbocycles. The molecule has 3 nitrogen and oxygen atoms in total. The molecule has 1 aliphatic rings. The molecule has 1 aliphatic carbocycles. The third-order valence-corrected chi connectivity index (χ3v) is 2.94. The second kappa shape index (κ2) is 2.82. The molecule has 3 heteroatoms. The van der Waals surface area contributed by atoms with Crippen molar-refractivity contribution in [3.05, 3.63) is 36.3 Å². The van der Waals surface area contributed by atoms with Crippen LogP contribution in [0, 0.1) is 5.92 Å². The van der Waals surface area contributed by atoms with Crippen LogP contribution in [0.1, 0.15) is 24.4 Å². The highest BCUT2D eigenvalue weighted by Crippen LogP contribution is 2.39. The van der Waals surface area contributed by atoms with E-state index in [-0.39, 0.29) is 6.04 Å². The Balaban J connectivity index is 2.03. The van der Waals surface area contributed by atoms with Gasteiger partial charge in [-0.25, -0.2) is 4.98 Å². The third kappa shape index (κ3) is 1.21. The molecule has 2 aromatic rings. The Bertz CT molecular complexity index is 456.